The highest BCUT2D eigenvalue weighted by Gasteiger charge is 2.19. The molecule has 6 heteroatoms. The molecule has 0 heterocycles. The Bertz CT molecular complexity index is 1130. The van der Waals surface area contributed by atoms with Gasteiger partial charge < -0.3 is 14.2 Å². The van der Waals surface area contributed by atoms with Crippen LogP contribution in [0.4, 0.5) is 0 Å². The molecule has 0 aliphatic rings. The molecule has 0 saturated heterocycles. The van der Waals surface area contributed by atoms with Crippen molar-refractivity contribution in [1.29, 1.82) is 0 Å². The van der Waals surface area contributed by atoms with E-state index in [1.807, 2.05) is 0 Å². The first-order chi connectivity index (χ1) is 34.5. The molecule has 6 nitrogen and oxygen atoms in total. The lowest BCUT2D eigenvalue weighted by molar-refractivity contribution is -0.167. The van der Waals surface area contributed by atoms with E-state index in [1.54, 1.807) is 0 Å². The summed E-state index contributed by atoms with van der Waals surface area (Å²) in [7, 11) is 0. The Balaban J connectivity index is 4.32. The minimum Gasteiger partial charge on any atom is -0.462 e. The highest BCUT2D eigenvalue weighted by atomic mass is 16.6. The molecule has 0 unspecified atom stereocenters. The van der Waals surface area contributed by atoms with Crippen LogP contribution in [0, 0.1) is 0 Å². The fraction of sp³-hybridized carbons (Fsp3) is 0.891. The largest absolute Gasteiger partial charge is 0.462 e. The Kier molecular flexibility index (Phi) is 57.7. The predicted octanol–water partition coefficient (Wildman–Crippen LogP) is 21.1. The molecule has 0 aromatic carbocycles. The van der Waals surface area contributed by atoms with E-state index >= 15 is 0 Å². The van der Waals surface area contributed by atoms with Gasteiger partial charge >= 0.3 is 17.9 Å². The van der Waals surface area contributed by atoms with Gasteiger partial charge in [-0.3, -0.25) is 14.4 Å². The lowest BCUT2D eigenvalue weighted by Gasteiger charge is -2.18. The molecule has 0 radical (unpaired) electrons. The molecule has 0 bridgehead atoms. The zero-order valence-corrected chi connectivity index (χ0v) is 47.3. The molecule has 0 spiro atoms. The van der Waals surface area contributed by atoms with Crippen LogP contribution in [-0.4, -0.2) is 37.2 Å². The second-order valence-electron chi connectivity index (χ2n) is 21.3. The fourth-order valence-electron chi connectivity index (χ4n) is 9.48. The number of rotatable bonds is 58. The number of unbranched alkanes of at least 4 members (excludes halogenated alkanes) is 43. The number of hydrogen-bond acceptors (Lipinski definition) is 6. The van der Waals surface area contributed by atoms with Crippen LogP contribution in [0.15, 0.2) is 24.3 Å². The fourth-order valence-corrected chi connectivity index (χ4v) is 9.48. The first kappa shape index (κ1) is 67.9. The molecule has 70 heavy (non-hydrogen) atoms. The molecule has 0 N–H and O–H groups in total. The van der Waals surface area contributed by atoms with E-state index in [-0.39, 0.29) is 31.1 Å². The molecule has 0 aliphatic heterocycles. The molecule has 0 aromatic rings. The Hall–Kier alpha value is -2.11. The Labute approximate surface area is 436 Å². The summed E-state index contributed by atoms with van der Waals surface area (Å²) in [4.78, 5) is 38.3. The zero-order chi connectivity index (χ0) is 50.7. The van der Waals surface area contributed by atoms with Crippen molar-refractivity contribution in [1.82, 2.24) is 0 Å². The number of ether oxygens (including phenoxy) is 3. The van der Waals surface area contributed by atoms with Crippen molar-refractivity contribution in [2.45, 2.75) is 354 Å². The molecular weight excluding hydrogens is 865 g/mol. The molecule has 0 amide bonds. The third-order valence-electron chi connectivity index (χ3n) is 14.2. The van der Waals surface area contributed by atoms with Crippen LogP contribution < -0.4 is 0 Å². The summed E-state index contributed by atoms with van der Waals surface area (Å²) in [5.41, 5.74) is 0. The van der Waals surface area contributed by atoms with Crippen molar-refractivity contribution < 1.29 is 28.6 Å². The van der Waals surface area contributed by atoms with Gasteiger partial charge in [-0.25, -0.2) is 0 Å². The van der Waals surface area contributed by atoms with E-state index in [1.165, 1.54) is 238 Å². The lowest BCUT2D eigenvalue weighted by atomic mass is 10.0. The first-order valence-electron chi connectivity index (χ1n) is 31.3. The van der Waals surface area contributed by atoms with Crippen molar-refractivity contribution in [3.05, 3.63) is 24.3 Å². The van der Waals surface area contributed by atoms with E-state index in [2.05, 4.69) is 45.1 Å². The smallest absolute Gasteiger partial charge is 0.306 e. The monoisotopic (exact) mass is 985 g/mol. The van der Waals surface area contributed by atoms with E-state index in [4.69, 9.17) is 14.2 Å². The van der Waals surface area contributed by atoms with Gasteiger partial charge in [0.25, 0.3) is 0 Å². The summed E-state index contributed by atoms with van der Waals surface area (Å²) >= 11 is 0. The first-order valence-corrected chi connectivity index (χ1v) is 31.3. The minimum absolute atomic E-state index is 0.0685. The van der Waals surface area contributed by atoms with Crippen molar-refractivity contribution in [2.24, 2.45) is 0 Å². The van der Waals surface area contributed by atoms with Crippen LogP contribution in [0.5, 0.6) is 0 Å². The molecule has 0 saturated carbocycles. The van der Waals surface area contributed by atoms with E-state index in [0.29, 0.717) is 19.3 Å². The van der Waals surface area contributed by atoms with Crippen molar-refractivity contribution >= 4 is 17.9 Å². The normalized spacial score (nSPS) is 12.1. The molecule has 0 aliphatic carbocycles. The van der Waals surface area contributed by atoms with E-state index < -0.39 is 6.10 Å². The lowest BCUT2D eigenvalue weighted by Crippen LogP contribution is -2.30. The SMILES string of the molecule is CCCCC/C=C\C/C=C\CCCCCCCCCC(=O)O[C@H](COC(=O)CCCCCCCCCCCCCCCCCC)COC(=O)CCCCCCCCCCCCCCCCCCCCC. The number of hydrogen-bond donors (Lipinski definition) is 0. The van der Waals surface area contributed by atoms with Crippen molar-refractivity contribution in [3.8, 4) is 0 Å². The summed E-state index contributed by atoms with van der Waals surface area (Å²) in [6.45, 7) is 6.68. The van der Waals surface area contributed by atoms with Gasteiger partial charge in [-0.15, -0.1) is 0 Å². The van der Waals surface area contributed by atoms with Crippen LogP contribution >= 0.6 is 0 Å². The summed E-state index contributed by atoms with van der Waals surface area (Å²) < 4.78 is 16.9. The summed E-state index contributed by atoms with van der Waals surface area (Å²) in [6.07, 6.45) is 70.3. The van der Waals surface area contributed by atoms with Crippen molar-refractivity contribution in [3.63, 3.8) is 0 Å². The maximum absolute atomic E-state index is 12.9. The van der Waals surface area contributed by atoms with Gasteiger partial charge in [-0.2, -0.15) is 0 Å². The number of allylic oxidation sites excluding steroid dienone is 4. The molecule has 1 atom stereocenters. The van der Waals surface area contributed by atoms with Gasteiger partial charge in [0.2, 0.25) is 0 Å². The van der Waals surface area contributed by atoms with E-state index in [9.17, 15) is 14.4 Å². The summed E-state index contributed by atoms with van der Waals surface area (Å²) in [5.74, 6) is -0.849. The van der Waals surface area contributed by atoms with Gasteiger partial charge in [0, 0.05) is 19.3 Å². The van der Waals surface area contributed by atoms with E-state index in [0.717, 1.165) is 70.6 Å². The second kappa shape index (κ2) is 59.5. The van der Waals surface area contributed by atoms with Gasteiger partial charge in [-0.05, 0) is 51.4 Å². The average Bonchev–Trinajstić information content (AvgIpc) is 3.36. The maximum Gasteiger partial charge on any atom is 0.306 e. The third-order valence-corrected chi connectivity index (χ3v) is 14.2. The second-order valence-corrected chi connectivity index (χ2v) is 21.3. The molecule has 0 rings (SSSR count). The third kappa shape index (κ3) is 56.8. The highest BCUT2D eigenvalue weighted by molar-refractivity contribution is 5.71. The van der Waals surface area contributed by atoms with Gasteiger partial charge in [-0.1, -0.05) is 302 Å². The van der Waals surface area contributed by atoms with Crippen LogP contribution in [0.2, 0.25) is 0 Å². The zero-order valence-electron chi connectivity index (χ0n) is 47.3. The predicted molar refractivity (Wildman–Crippen MR) is 303 cm³/mol. The van der Waals surface area contributed by atoms with Gasteiger partial charge in [0.15, 0.2) is 6.10 Å². The number of esters is 3. The quantitative estimate of drug-likeness (QED) is 0.0261. The topological polar surface area (TPSA) is 78.9 Å². The van der Waals surface area contributed by atoms with Crippen molar-refractivity contribution in [2.75, 3.05) is 13.2 Å². The van der Waals surface area contributed by atoms with Gasteiger partial charge in [0.1, 0.15) is 13.2 Å². The standard InChI is InChI=1S/C64H120O6/c1-4-7-10-13-16-19-22-25-28-31-32-34-36-39-42-45-48-51-54-57-63(66)69-60-61(59-68-62(65)56-53-50-47-44-41-38-35-30-27-24-21-18-15-12-9-6-3)70-64(67)58-55-52-49-46-43-40-37-33-29-26-23-20-17-14-11-8-5-2/h17,20,26,29,61H,4-16,18-19,21-25,27-28,30-60H2,1-3H3/b20-17-,29-26-/t61-/m1/s1. The molecule has 0 fully saturated rings. The number of carbonyl (C=O) groups is 3. The minimum atomic E-state index is -0.771. The van der Waals surface area contributed by atoms with Gasteiger partial charge in [0.05, 0.1) is 0 Å². The molecule has 412 valence electrons. The summed E-state index contributed by atoms with van der Waals surface area (Å²) in [5, 5.41) is 0. The Morgan fingerprint density at radius 2 is 0.514 bits per heavy atom. The maximum atomic E-state index is 12.9. The Morgan fingerprint density at radius 1 is 0.286 bits per heavy atom. The Morgan fingerprint density at radius 3 is 0.814 bits per heavy atom. The van der Waals surface area contributed by atoms with Crippen LogP contribution in [0.1, 0.15) is 348 Å². The number of carbonyl (C=O) groups excluding carboxylic acids is 3. The highest BCUT2D eigenvalue weighted by Crippen LogP contribution is 2.18. The summed E-state index contributed by atoms with van der Waals surface area (Å²) in [6, 6.07) is 0. The molecule has 0 aromatic heterocycles. The van der Waals surface area contributed by atoms with Crippen LogP contribution in [0.25, 0.3) is 0 Å². The molecular formula is C64H120O6. The average molecular weight is 986 g/mol. The van der Waals surface area contributed by atoms with Crippen LogP contribution in [-0.2, 0) is 28.6 Å². The van der Waals surface area contributed by atoms with Crippen LogP contribution in [0.3, 0.4) is 0 Å².